The number of nitrogens with zero attached hydrogens (tertiary/aromatic N) is 2. The van der Waals surface area contributed by atoms with E-state index in [4.69, 9.17) is 9.47 Å². The Morgan fingerprint density at radius 2 is 1.62 bits per heavy atom. The second kappa shape index (κ2) is 9.62. The first-order valence-electron chi connectivity index (χ1n) is 11.5. The molecule has 2 aliphatic rings. The second-order valence-electron chi connectivity index (χ2n) is 8.45. The first kappa shape index (κ1) is 22.7. The quantitative estimate of drug-likeness (QED) is 0.523. The molecule has 3 aromatic carbocycles. The van der Waals surface area contributed by atoms with Crippen LogP contribution in [0.4, 0.5) is 5.69 Å². The van der Waals surface area contributed by atoms with Crippen molar-refractivity contribution in [2.45, 2.75) is 17.9 Å². The van der Waals surface area contributed by atoms with Crippen LogP contribution in [-0.4, -0.2) is 46.2 Å². The third-order valence-corrected chi connectivity index (χ3v) is 7.98. The highest BCUT2D eigenvalue weighted by Crippen LogP contribution is 2.48. The molecule has 0 spiro atoms. The van der Waals surface area contributed by atoms with Gasteiger partial charge in [-0.15, -0.1) is 0 Å². The van der Waals surface area contributed by atoms with E-state index in [1.807, 2.05) is 79.7 Å². The Balaban J connectivity index is 1.59. The summed E-state index contributed by atoms with van der Waals surface area (Å²) in [6.45, 7) is 4.91. The fourth-order valence-electron chi connectivity index (χ4n) is 4.55. The van der Waals surface area contributed by atoms with E-state index in [0.717, 1.165) is 30.0 Å². The molecule has 1 unspecified atom stereocenters. The van der Waals surface area contributed by atoms with Crippen molar-refractivity contribution >= 4 is 15.7 Å². The minimum Gasteiger partial charge on any atom is -0.489 e. The van der Waals surface area contributed by atoms with E-state index in [2.05, 4.69) is 4.90 Å². The van der Waals surface area contributed by atoms with E-state index in [0.29, 0.717) is 24.6 Å². The molecule has 2 aliphatic heterocycles. The summed E-state index contributed by atoms with van der Waals surface area (Å²) in [6, 6.07) is 24.1. The van der Waals surface area contributed by atoms with Crippen molar-refractivity contribution in [3.05, 3.63) is 102 Å². The summed E-state index contributed by atoms with van der Waals surface area (Å²) in [5, 5.41) is 0. The number of morpholine rings is 1. The topological polar surface area (TPSA) is 59.1 Å². The molecule has 0 bridgehead atoms. The van der Waals surface area contributed by atoms with E-state index in [-0.39, 0.29) is 17.5 Å². The highest BCUT2D eigenvalue weighted by Gasteiger charge is 2.43. The lowest BCUT2D eigenvalue weighted by Crippen LogP contribution is -2.41. The Bertz CT molecular complexity index is 1270. The minimum absolute atomic E-state index is 0.195. The van der Waals surface area contributed by atoms with Gasteiger partial charge < -0.3 is 9.47 Å². The molecule has 5 rings (SSSR count). The Morgan fingerprint density at radius 3 is 2.35 bits per heavy atom. The Kier molecular flexibility index (Phi) is 6.41. The third kappa shape index (κ3) is 4.34. The molecule has 0 saturated carbocycles. The number of anilines is 1. The van der Waals surface area contributed by atoms with Crippen LogP contribution in [0.5, 0.6) is 5.75 Å². The van der Waals surface area contributed by atoms with Crippen molar-refractivity contribution in [3.8, 4) is 5.75 Å². The zero-order valence-corrected chi connectivity index (χ0v) is 19.9. The molecule has 1 fully saturated rings. The summed E-state index contributed by atoms with van der Waals surface area (Å²) in [7, 11) is -3.83. The van der Waals surface area contributed by atoms with Gasteiger partial charge in [0.15, 0.2) is 0 Å². The summed E-state index contributed by atoms with van der Waals surface area (Å²) in [6.07, 6.45) is 1.90. The van der Waals surface area contributed by atoms with Crippen molar-refractivity contribution < 1.29 is 17.9 Å². The van der Waals surface area contributed by atoms with E-state index >= 15 is 0 Å². The molecule has 0 radical (unpaired) electrons. The molecule has 0 N–H and O–H groups in total. The molecule has 176 valence electrons. The lowest BCUT2D eigenvalue weighted by molar-refractivity contribution is 0.0241. The van der Waals surface area contributed by atoms with Crippen LogP contribution >= 0.6 is 0 Å². The summed E-state index contributed by atoms with van der Waals surface area (Å²) < 4.78 is 41.0. The summed E-state index contributed by atoms with van der Waals surface area (Å²) >= 11 is 0. The van der Waals surface area contributed by atoms with Crippen LogP contribution in [0.1, 0.15) is 17.2 Å². The molecule has 3 aromatic rings. The van der Waals surface area contributed by atoms with Gasteiger partial charge in [-0.2, -0.15) is 0 Å². The van der Waals surface area contributed by atoms with Gasteiger partial charge in [-0.05, 0) is 43.3 Å². The van der Waals surface area contributed by atoms with Crippen molar-refractivity contribution in [3.63, 3.8) is 0 Å². The van der Waals surface area contributed by atoms with Gasteiger partial charge in [-0.1, -0.05) is 54.1 Å². The fourth-order valence-corrected chi connectivity index (χ4v) is 6.12. The number of hydrogen-bond acceptors (Lipinski definition) is 5. The summed E-state index contributed by atoms with van der Waals surface area (Å²) in [5.41, 5.74) is 3.37. The predicted octanol–water partition coefficient (Wildman–Crippen LogP) is 4.54. The van der Waals surface area contributed by atoms with Gasteiger partial charge in [0, 0.05) is 18.7 Å². The third-order valence-electron chi connectivity index (χ3n) is 6.22. The smallest absolute Gasteiger partial charge is 0.268 e. The Hall–Kier alpha value is -3.13. The Labute approximate surface area is 201 Å². The molecule has 1 atom stereocenters. The van der Waals surface area contributed by atoms with Gasteiger partial charge in [0.25, 0.3) is 10.0 Å². The molecule has 6 nitrogen and oxygen atoms in total. The van der Waals surface area contributed by atoms with Gasteiger partial charge in [0.05, 0.1) is 35.5 Å². The number of benzene rings is 3. The highest BCUT2D eigenvalue weighted by molar-refractivity contribution is 7.93. The molecule has 2 heterocycles. The highest BCUT2D eigenvalue weighted by atomic mass is 32.2. The lowest BCUT2D eigenvalue weighted by Gasteiger charge is -2.34. The molecule has 0 amide bonds. The van der Waals surface area contributed by atoms with Crippen molar-refractivity contribution in [2.75, 3.05) is 37.2 Å². The monoisotopic (exact) mass is 476 g/mol. The van der Waals surface area contributed by atoms with Crippen LogP contribution in [0, 0.1) is 6.92 Å². The molecule has 1 saturated heterocycles. The Morgan fingerprint density at radius 1 is 0.941 bits per heavy atom. The van der Waals surface area contributed by atoms with Crippen LogP contribution in [0.2, 0.25) is 0 Å². The standard InChI is InChI=1S/C27H28N2O4S/c1-21-11-13-23(14-12-21)34(30,31)29-25-10-6-5-9-24(25)27(28-16-19-32-20-17-28)26(29)15-18-33-22-7-3-2-4-8-22/h2-15,27H,16-20H2,1H3/b26-15-. The van der Waals surface area contributed by atoms with Gasteiger partial charge in [-0.25, -0.2) is 12.7 Å². The van der Waals surface area contributed by atoms with E-state index in [9.17, 15) is 8.42 Å². The van der Waals surface area contributed by atoms with E-state index in [1.54, 1.807) is 12.1 Å². The second-order valence-corrected chi connectivity index (χ2v) is 10.2. The summed E-state index contributed by atoms with van der Waals surface area (Å²) in [4.78, 5) is 2.56. The average Bonchev–Trinajstić information content (AvgIpc) is 3.20. The number of fused-ring (bicyclic) bond motifs is 1. The number of ether oxygens (including phenoxy) is 2. The first-order valence-corrected chi connectivity index (χ1v) is 12.9. The molecule has 0 aliphatic carbocycles. The zero-order chi connectivity index (χ0) is 23.5. The number of hydrogen-bond donors (Lipinski definition) is 0. The largest absolute Gasteiger partial charge is 0.489 e. The van der Waals surface area contributed by atoms with Crippen LogP contribution in [0.3, 0.4) is 0 Å². The van der Waals surface area contributed by atoms with Crippen LogP contribution in [0.15, 0.2) is 95.5 Å². The molecule has 7 heteroatoms. The maximum absolute atomic E-state index is 14.0. The molecular formula is C27H28N2O4S. The van der Waals surface area contributed by atoms with Gasteiger partial charge >= 0.3 is 0 Å². The number of rotatable bonds is 6. The van der Waals surface area contributed by atoms with Crippen molar-refractivity contribution in [1.29, 1.82) is 0 Å². The number of aryl methyl sites for hydroxylation is 1. The minimum atomic E-state index is -3.83. The maximum Gasteiger partial charge on any atom is 0.268 e. The van der Waals surface area contributed by atoms with Crippen LogP contribution < -0.4 is 9.04 Å². The van der Waals surface area contributed by atoms with Crippen LogP contribution in [-0.2, 0) is 14.8 Å². The number of sulfonamides is 1. The van der Waals surface area contributed by atoms with Crippen molar-refractivity contribution in [1.82, 2.24) is 4.90 Å². The molecule has 34 heavy (non-hydrogen) atoms. The maximum atomic E-state index is 14.0. The summed E-state index contributed by atoms with van der Waals surface area (Å²) in [5.74, 6) is 0.741. The predicted molar refractivity (Wildman–Crippen MR) is 132 cm³/mol. The van der Waals surface area contributed by atoms with Gasteiger partial charge in [0.2, 0.25) is 0 Å². The zero-order valence-electron chi connectivity index (χ0n) is 19.1. The normalized spacial score (nSPS) is 19.9. The SMILES string of the molecule is Cc1ccc(S(=O)(=O)N2/C(=C\COc3ccccc3)C(N3CCOCC3)c3ccccc32)cc1. The van der Waals surface area contributed by atoms with E-state index < -0.39 is 10.0 Å². The van der Waals surface area contributed by atoms with E-state index in [1.165, 1.54) is 4.31 Å². The average molecular weight is 477 g/mol. The van der Waals surface area contributed by atoms with Crippen molar-refractivity contribution in [2.24, 2.45) is 0 Å². The first-order chi connectivity index (χ1) is 16.6. The molecule has 0 aromatic heterocycles. The van der Waals surface area contributed by atoms with Gasteiger partial charge in [0.1, 0.15) is 12.4 Å². The van der Waals surface area contributed by atoms with Crippen LogP contribution in [0.25, 0.3) is 0 Å². The van der Waals surface area contributed by atoms with Gasteiger partial charge in [-0.3, -0.25) is 4.90 Å². The fraction of sp³-hybridized carbons (Fsp3) is 0.259. The lowest BCUT2D eigenvalue weighted by atomic mass is 10.0. The number of para-hydroxylation sites is 2. The molecular weight excluding hydrogens is 448 g/mol.